The van der Waals surface area contributed by atoms with E-state index in [9.17, 15) is 14.9 Å². The molecule has 1 rings (SSSR count). The Kier molecular flexibility index (Phi) is 6.85. The Morgan fingerprint density at radius 2 is 2.10 bits per heavy atom. The Balaban J connectivity index is 2.64. The largest absolute Gasteiger partial charge is 0.364 e. The van der Waals surface area contributed by atoms with Crippen molar-refractivity contribution in [2.75, 3.05) is 30.3 Å². The number of anilines is 2. The zero-order valence-corrected chi connectivity index (χ0v) is 12.2. The second kappa shape index (κ2) is 8.67. The standard InChI is InChI=1S/C12H20N6O3/c1-3-6-14-10(19)5-7-15-11-9(18(20)21)8-16-12(17-11)13-4-2/h8H,3-7H2,1-2H3,(H,14,19)(H2,13,15,16,17). The summed E-state index contributed by atoms with van der Waals surface area (Å²) < 4.78 is 0. The summed E-state index contributed by atoms with van der Waals surface area (Å²) in [7, 11) is 0. The smallest absolute Gasteiger partial charge is 0.329 e. The van der Waals surface area contributed by atoms with E-state index in [4.69, 9.17) is 0 Å². The lowest BCUT2D eigenvalue weighted by atomic mass is 10.3. The van der Waals surface area contributed by atoms with E-state index in [0.717, 1.165) is 12.6 Å². The fraction of sp³-hybridized carbons (Fsp3) is 0.583. The maximum absolute atomic E-state index is 11.5. The van der Waals surface area contributed by atoms with Crippen molar-refractivity contribution in [2.45, 2.75) is 26.7 Å². The van der Waals surface area contributed by atoms with Crippen LogP contribution in [0.1, 0.15) is 26.7 Å². The Labute approximate surface area is 122 Å². The number of amides is 1. The van der Waals surface area contributed by atoms with Crippen LogP contribution in [0.5, 0.6) is 0 Å². The quantitative estimate of drug-likeness (QED) is 0.461. The van der Waals surface area contributed by atoms with Gasteiger partial charge in [-0.05, 0) is 13.3 Å². The highest BCUT2D eigenvalue weighted by Gasteiger charge is 2.17. The average Bonchev–Trinajstić information content (AvgIpc) is 2.45. The van der Waals surface area contributed by atoms with Crippen LogP contribution in [0.4, 0.5) is 17.5 Å². The fourth-order valence-corrected chi connectivity index (χ4v) is 1.53. The van der Waals surface area contributed by atoms with Crippen LogP contribution in [0.3, 0.4) is 0 Å². The second-order valence-electron chi connectivity index (χ2n) is 4.24. The molecule has 0 aliphatic carbocycles. The molecule has 0 atom stereocenters. The first-order valence-corrected chi connectivity index (χ1v) is 6.84. The predicted octanol–water partition coefficient (Wildman–Crippen LogP) is 1.14. The van der Waals surface area contributed by atoms with E-state index in [1.54, 1.807) is 0 Å². The second-order valence-corrected chi connectivity index (χ2v) is 4.24. The van der Waals surface area contributed by atoms with Gasteiger partial charge >= 0.3 is 5.69 Å². The Bertz CT molecular complexity index is 494. The normalized spacial score (nSPS) is 10.0. The highest BCUT2D eigenvalue weighted by Crippen LogP contribution is 2.21. The van der Waals surface area contributed by atoms with Gasteiger partial charge in [0.2, 0.25) is 17.7 Å². The molecule has 1 aromatic heterocycles. The molecule has 0 fully saturated rings. The maximum atomic E-state index is 11.5. The van der Waals surface area contributed by atoms with Crippen LogP contribution in [0.2, 0.25) is 0 Å². The molecule has 0 aliphatic heterocycles. The Morgan fingerprint density at radius 3 is 2.71 bits per heavy atom. The van der Waals surface area contributed by atoms with Crippen LogP contribution >= 0.6 is 0 Å². The molecule has 21 heavy (non-hydrogen) atoms. The van der Waals surface area contributed by atoms with E-state index >= 15 is 0 Å². The van der Waals surface area contributed by atoms with Crippen LogP contribution in [0.25, 0.3) is 0 Å². The lowest BCUT2D eigenvalue weighted by Crippen LogP contribution is -2.26. The average molecular weight is 296 g/mol. The third-order valence-electron chi connectivity index (χ3n) is 2.52. The summed E-state index contributed by atoms with van der Waals surface area (Å²) in [6.07, 6.45) is 2.23. The molecule has 9 heteroatoms. The summed E-state index contributed by atoms with van der Waals surface area (Å²) in [5.41, 5.74) is -0.217. The molecule has 1 heterocycles. The summed E-state index contributed by atoms with van der Waals surface area (Å²) >= 11 is 0. The number of rotatable bonds is 9. The molecule has 0 radical (unpaired) electrons. The maximum Gasteiger partial charge on any atom is 0.329 e. The summed E-state index contributed by atoms with van der Waals surface area (Å²) in [5.74, 6) is 0.309. The third-order valence-corrected chi connectivity index (χ3v) is 2.52. The molecule has 1 aromatic rings. The monoisotopic (exact) mass is 296 g/mol. The molecule has 0 aromatic carbocycles. The minimum Gasteiger partial charge on any atom is -0.364 e. The van der Waals surface area contributed by atoms with Crippen molar-refractivity contribution in [1.82, 2.24) is 15.3 Å². The van der Waals surface area contributed by atoms with Crippen LogP contribution in [0.15, 0.2) is 6.20 Å². The summed E-state index contributed by atoms with van der Waals surface area (Å²) in [5, 5.41) is 19.3. The zero-order valence-electron chi connectivity index (χ0n) is 12.2. The van der Waals surface area contributed by atoms with Gasteiger partial charge in [-0.3, -0.25) is 14.9 Å². The third kappa shape index (κ3) is 5.59. The van der Waals surface area contributed by atoms with E-state index in [-0.39, 0.29) is 30.4 Å². The Hall–Kier alpha value is -2.45. The number of aromatic nitrogens is 2. The molecule has 1 amide bonds. The van der Waals surface area contributed by atoms with Crippen molar-refractivity contribution in [1.29, 1.82) is 0 Å². The Morgan fingerprint density at radius 1 is 1.33 bits per heavy atom. The van der Waals surface area contributed by atoms with Crippen molar-refractivity contribution in [3.8, 4) is 0 Å². The molecular weight excluding hydrogens is 276 g/mol. The van der Waals surface area contributed by atoms with Gasteiger partial charge in [0, 0.05) is 26.1 Å². The van der Waals surface area contributed by atoms with E-state index in [1.807, 2.05) is 13.8 Å². The van der Waals surface area contributed by atoms with Gasteiger partial charge in [0.05, 0.1) is 4.92 Å². The number of nitrogens with one attached hydrogen (secondary N) is 3. The molecule has 0 saturated heterocycles. The van der Waals surface area contributed by atoms with Crippen molar-refractivity contribution in [3.05, 3.63) is 16.3 Å². The van der Waals surface area contributed by atoms with E-state index in [0.29, 0.717) is 19.0 Å². The molecule has 0 unspecified atom stereocenters. The molecule has 0 bridgehead atoms. The molecule has 3 N–H and O–H groups in total. The van der Waals surface area contributed by atoms with E-state index in [1.165, 1.54) is 0 Å². The summed E-state index contributed by atoms with van der Waals surface area (Å²) in [6, 6.07) is 0. The zero-order chi connectivity index (χ0) is 15.7. The highest BCUT2D eigenvalue weighted by molar-refractivity contribution is 5.76. The number of hydrogen-bond acceptors (Lipinski definition) is 7. The fourth-order valence-electron chi connectivity index (χ4n) is 1.53. The first-order chi connectivity index (χ1) is 10.1. The highest BCUT2D eigenvalue weighted by atomic mass is 16.6. The minimum atomic E-state index is -0.560. The van der Waals surface area contributed by atoms with Gasteiger partial charge in [0.25, 0.3) is 0 Å². The van der Waals surface area contributed by atoms with Crippen LogP contribution in [-0.2, 0) is 4.79 Å². The van der Waals surface area contributed by atoms with Gasteiger partial charge in [-0.2, -0.15) is 4.98 Å². The predicted molar refractivity (Wildman–Crippen MR) is 79.3 cm³/mol. The van der Waals surface area contributed by atoms with Crippen LogP contribution in [-0.4, -0.2) is 40.4 Å². The van der Waals surface area contributed by atoms with Crippen LogP contribution < -0.4 is 16.0 Å². The topological polar surface area (TPSA) is 122 Å². The van der Waals surface area contributed by atoms with E-state index < -0.39 is 4.92 Å². The van der Waals surface area contributed by atoms with Gasteiger partial charge in [-0.25, -0.2) is 4.98 Å². The van der Waals surface area contributed by atoms with Crippen molar-refractivity contribution < 1.29 is 9.72 Å². The minimum absolute atomic E-state index is 0.104. The number of nitrogens with zero attached hydrogens (tertiary/aromatic N) is 3. The molecule has 0 aliphatic rings. The molecular formula is C12H20N6O3. The van der Waals surface area contributed by atoms with Gasteiger partial charge < -0.3 is 16.0 Å². The lowest BCUT2D eigenvalue weighted by Gasteiger charge is -2.08. The van der Waals surface area contributed by atoms with Gasteiger partial charge in [0.1, 0.15) is 6.20 Å². The lowest BCUT2D eigenvalue weighted by molar-refractivity contribution is -0.384. The number of carbonyl (C=O) groups excluding carboxylic acids is 1. The number of nitro groups is 1. The van der Waals surface area contributed by atoms with Crippen molar-refractivity contribution in [3.63, 3.8) is 0 Å². The number of hydrogen-bond donors (Lipinski definition) is 3. The molecule has 9 nitrogen and oxygen atoms in total. The van der Waals surface area contributed by atoms with Gasteiger partial charge in [0.15, 0.2) is 0 Å². The summed E-state index contributed by atoms with van der Waals surface area (Å²) in [6.45, 7) is 5.33. The van der Waals surface area contributed by atoms with Crippen molar-refractivity contribution >= 4 is 23.4 Å². The first kappa shape index (κ1) is 16.6. The first-order valence-electron chi connectivity index (χ1n) is 6.84. The molecule has 0 saturated carbocycles. The SMILES string of the molecule is CCCNC(=O)CCNc1nc(NCC)ncc1[N+](=O)[O-]. The van der Waals surface area contributed by atoms with Gasteiger partial charge in [-0.15, -0.1) is 0 Å². The van der Waals surface area contributed by atoms with Crippen molar-refractivity contribution in [2.24, 2.45) is 0 Å². The molecule has 116 valence electrons. The van der Waals surface area contributed by atoms with Gasteiger partial charge in [-0.1, -0.05) is 6.92 Å². The summed E-state index contributed by atoms with van der Waals surface area (Å²) in [4.78, 5) is 29.7. The van der Waals surface area contributed by atoms with E-state index in [2.05, 4.69) is 25.9 Å². The number of carbonyl (C=O) groups is 1. The molecule has 0 spiro atoms. The van der Waals surface area contributed by atoms with Crippen LogP contribution in [0, 0.1) is 10.1 Å².